The number of benzene rings is 1. The minimum atomic E-state index is 0.383. The van der Waals surface area contributed by atoms with Crippen LogP contribution < -0.4 is 0 Å². The Balaban J connectivity index is 2.94. The number of halogens is 3. The predicted molar refractivity (Wildman–Crippen MR) is 66.9 cm³/mol. The van der Waals surface area contributed by atoms with Crippen molar-refractivity contribution in [3.63, 3.8) is 0 Å². The molecule has 0 fully saturated rings. The van der Waals surface area contributed by atoms with Crippen molar-refractivity contribution in [1.29, 1.82) is 5.26 Å². The Morgan fingerprint density at radius 3 is 2.73 bits per heavy atom. The number of aromatic nitrogens is 1. The van der Waals surface area contributed by atoms with Gasteiger partial charge in [0.2, 0.25) is 0 Å². The summed E-state index contributed by atoms with van der Waals surface area (Å²) in [6.45, 7) is 0. The van der Waals surface area contributed by atoms with Crippen molar-refractivity contribution < 1.29 is 0 Å². The summed E-state index contributed by atoms with van der Waals surface area (Å²) >= 11 is 12.8. The number of hydrogen-bond donors (Lipinski definition) is 0. The molecule has 2 rings (SSSR count). The Hall–Kier alpha value is -0.630. The first-order valence-electron chi connectivity index (χ1n) is 3.97. The maximum Gasteiger partial charge on any atom is 0.102 e. The van der Waals surface area contributed by atoms with Crippen LogP contribution in [0, 0.1) is 11.3 Å². The van der Waals surface area contributed by atoms with Gasteiger partial charge in [0.05, 0.1) is 16.1 Å². The molecule has 0 radical (unpaired) electrons. The zero-order valence-electron chi connectivity index (χ0n) is 7.26. The Morgan fingerprint density at radius 2 is 2.07 bits per heavy atom. The molecule has 1 aromatic carbocycles. The van der Waals surface area contributed by atoms with Gasteiger partial charge in [-0.15, -0.1) is 0 Å². The highest BCUT2D eigenvalue weighted by Gasteiger charge is 2.09. The first-order chi connectivity index (χ1) is 7.13. The van der Waals surface area contributed by atoms with E-state index in [0.29, 0.717) is 10.6 Å². The summed E-state index contributed by atoms with van der Waals surface area (Å²) in [6, 6.07) is 5.73. The number of hydrogen-bond acceptors (Lipinski definition) is 2. The molecule has 5 heteroatoms. The van der Waals surface area contributed by atoms with E-state index >= 15 is 0 Å². The lowest BCUT2D eigenvalue weighted by Crippen LogP contribution is -1.86. The normalized spacial score (nSPS) is 10.3. The molecule has 0 unspecified atom stereocenters. The van der Waals surface area contributed by atoms with Crippen LogP contribution in [0.3, 0.4) is 0 Å². The minimum absolute atomic E-state index is 0.383. The van der Waals surface area contributed by atoms with E-state index in [1.165, 1.54) is 6.20 Å². The summed E-state index contributed by atoms with van der Waals surface area (Å²) in [5.41, 5.74) is 1.14. The van der Waals surface area contributed by atoms with Crippen LogP contribution in [-0.2, 0) is 0 Å². The second kappa shape index (κ2) is 4.09. The third-order valence-electron chi connectivity index (χ3n) is 1.94. The van der Waals surface area contributed by atoms with Crippen molar-refractivity contribution in [3.8, 4) is 6.07 Å². The van der Waals surface area contributed by atoms with E-state index in [4.69, 9.17) is 16.9 Å². The highest BCUT2D eigenvalue weighted by Crippen LogP contribution is 2.32. The molecule has 2 nitrogen and oxygen atoms in total. The topological polar surface area (TPSA) is 36.7 Å². The van der Waals surface area contributed by atoms with Gasteiger partial charge in [-0.2, -0.15) is 5.26 Å². The molecule has 74 valence electrons. The predicted octanol–water partition coefficient (Wildman–Crippen LogP) is 4.28. The summed E-state index contributed by atoms with van der Waals surface area (Å²) in [7, 11) is 0. The van der Waals surface area contributed by atoms with Crippen LogP contribution in [-0.4, -0.2) is 4.98 Å². The molecule has 0 saturated heterocycles. The molecule has 0 saturated carbocycles. The molecule has 0 amide bonds. The first kappa shape index (κ1) is 10.9. The quantitative estimate of drug-likeness (QED) is 0.714. The van der Waals surface area contributed by atoms with Crippen molar-refractivity contribution in [3.05, 3.63) is 37.9 Å². The molecule has 1 heterocycles. The van der Waals surface area contributed by atoms with E-state index in [-0.39, 0.29) is 0 Å². The fourth-order valence-electron chi connectivity index (χ4n) is 1.27. The van der Waals surface area contributed by atoms with Crippen molar-refractivity contribution in [2.75, 3.05) is 0 Å². The van der Waals surface area contributed by atoms with Crippen LogP contribution in [0.4, 0.5) is 0 Å². The lowest BCUT2D eigenvalue weighted by molar-refractivity contribution is 1.36. The molecular formula is C10H3Br2ClN2. The largest absolute Gasteiger partial charge is 0.254 e. The monoisotopic (exact) mass is 344 g/mol. The van der Waals surface area contributed by atoms with Gasteiger partial charge in [-0.25, -0.2) is 0 Å². The van der Waals surface area contributed by atoms with Gasteiger partial charge >= 0.3 is 0 Å². The zero-order chi connectivity index (χ0) is 11.0. The van der Waals surface area contributed by atoms with Crippen LogP contribution in [0.15, 0.2) is 27.3 Å². The molecule has 0 bridgehead atoms. The molecule has 0 N–H and O–H groups in total. The highest BCUT2D eigenvalue weighted by atomic mass is 79.9. The molecule has 15 heavy (non-hydrogen) atoms. The van der Waals surface area contributed by atoms with Gasteiger partial charge in [0, 0.05) is 20.5 Å². The zero-order valence-corrected chi connectivity index (χ0v) is 11.2. The SMILES string of the molecule is N#Cc1cnc2c(Br)cc(Br)cc2c1Cl. The molecule has 0 atom stereocenters. The average molecular weight is 346 g/mol. The van der Waals surface area contributed by atoms with Crippen LogP contribution in [0.5, 0.6) is 0 Å². The molecule has 0 spiro atoms. The fourth-order valence-corrected chi connectivity index (χ4v) is 2.84. The summed E-state index contributed by atoms with van der Waals surface area (Å²) in [5.74, 6) is 0. The first-order valence-corrected chi connectivity index (χ1v) is 5.93. The summed E-state index contributed by atoms with van der Waals surface area (Å²) in [6.07, 6.45) is 1.48. The number of nitrogens with zero attached hydrogens (tertiary/aromatic N) is 2. The average Bonchev–Trinajstić information content (AvgIpc) is 2.19. The van der Waals surface area contributed by atoms with Gasteiger partial charge in [-0.1, -0.05) is 27.5 Å². The van der Waals surface area contributed by atoms with E-state index in [2.05, 4.69) is 36.8 Å². The molecule has 2 aromatic rings. The van der Waals surface area contributed by atoms with Crippen molar-refractivity contribution >= 4 is 54.4 Å². The lowest BCUT2D eigenvalue weighted by atomic mass is 10.2. The Morgan fingerprint density at radius 1 is 1.33 bits per heavy atom. The van der Waals surface area contributed by atoms with Crippen molar-refractivity contribution in [2.45, 2.75) is 0 Å². The van der Waals surface area contributed by atoms with E-state index in [1.54, 1.807) is 0 Å². The van der Waals surface area contributed by atoms with Crippen molar-refractivity contribution in [1.82, 2.24) is 4.98 Å². The Bertz CT molecular complexity index is 590. The second-order valence-corrected chi connectivity index (χ2v) is 5.03. The number of rotatable bonds is 0. The second-order valence-electron chi connectivity index (χ2n) is 2.88. The standard InChI is InChI=1S/C10H3Br2ClN2/c11-6-1-7-9(13)5(3-14)4-15-10(7)8(12)2-6/h1-2,4H. The van der Waals surface area contributed by atoms with Gasteiger partial charge in [0.15, 0.2) is 0 Å². The van der Waals surface area contributed by atoms with E-state index in [9.17, 15) is 0 Å². The van der Waals surface area contributed by atoms with Gasteiger partial charge in [-0.05, 0) is 28.1 Å². The van der Waals surface area contributed by atoms with Gasteiger partial charge in [0.25, 0.3) is 0 Å². The smallest absolute Gasteiger partial charge is 0.102 e. The molecule has 0 aliphatic heterocycles. The summed E-state index contributed by atoms with van der Waals surface area (Å²) in [5, 5.41) is 10.0. The van der Waals surface area contributed by atoms with E-state index < -0.39 is 0 Å². The molecular weight excluding hydrogens is 343 g/mol. The Labute approximate surface area is 108 Å². The third kappa shape index (κ3) is 1.87. The maximum absolute atomic E-state index is 8.82. The van der Waals surface area contributed by atoms with Crippen LogP contribution >= 0.6 is 43.5 Å². The van der Waals surface area contributed by atoms with Crippen LogP contribution in [0.25, 0.3) is 10.9 Å². The molecule has 0 aliphatic carbocycles. The fraction of sp³-hybridized carbons (Fsp3) is 0. The Kier molecular flexibility index (Phi) is 2.96. The number of nitriles is 1. The number of pyridine rings is 1. The van der Waals surface area contributed by atoms with E-state index in [0.717, 1.165) is 19.8 Å². The van der Waals surface area contributed by atoms with E-state index in [1.807, 2.05) is 18.2 Å². The molecule has 1 aromatic heterocycles. The van der Waals surface area contributed by atoms with Crippen LogP contribution in [0.1, 0.15) is 5.56 Å². The van der Waals surface area contributed by atoms with Gasteiger partial charge < -0.3 is 0 Å². The van der Waals surface area contributed by atoms with Gasteiger partial charge in [-0.3, -0.25) is 4.98 Å². The third-order valence-corrected chi connectivity index (χ3v) is 3.41. The van der Waals surface area contributed by atoms with Gasteiger partial charge in [0.1, 0.15) is 6.07 Å². The lowest BCUT2D eigenvalue weighted by Gasteiger charge is -2.04. The van der Waals surface area contributed by atoms with Crippen LogP contribution in [0.2, 0.25) is 5.02 Å². The minimum Gasteiger partial charge on any atom is -0.254 e. The van der Waals surface area contributed by atoms with Crippen molar-refractivity contribution in [2.24, 2.45) is 0 Å². The highest BCUT2D eigenvalue weighted by molar-refractivity contribution is 9.11. The number of fused-ring (bicyclic) bond motifs is 1. The maximum atomic E-state index is 8.82. The summed E-state index contributed by atoms with van der Waals surface area (Å²) < 4.78 is 1.74. The summed E-state index contributed by atoms with van der Waals surface area (Å²) in [4.78, 5) is 4.18. The molecule has 0 aliphatic rings.